The van der Waals surface area contributed by atoms with Crippen molar-refractivity contribution in [3.63, 3.8) is 0 Å². The van der Waals surface area contributed by atoms with Gasteiger partial charge >= 0.3 is 0 Å². The van der Waals surface area contributed by atoms with E-state index in [0.717, 1.165) is 38.3 Å². The van der Waals surface area contributed by atoms with Crippen molar-refractivity contribution in [2.75, 3.05) is 39.3 Å². The van der Waals surface area contributed by atoms with Gasteiger partial charge in [-0.15, -0.1) is 6.58 Å². The maximum Gasteiger partial charge on any atom is 0.253 e. The van der Waals surface area contributed by atoms with Crippen LogP contribution in [-0.2, 0) is 16.6 Å². The van der Waals surface area contributed by atoms with E-state index >= 15 is 0 Å². The van der Waals surface area contributed by atoms with Crippen molar-refractivity contribution in [3.05, 3.63) is 78.4 Å². The summed E-state index contributed by atoms with van der Waals surface area (Å²) in [6, 6.07) is 15.6. The van der Waals surface area contributed by atoms with Crippen LogP contribution >= 0.6 is 0 Å². The first-order valence-corrected chi connectivity index (χ1v) is 11.7. The molecule has 30 heavy (non-hydrogen) atoms. The van der Waals surface area contributed by atoms with Gasteiger partial charge in [-0.05, 0) is 36.4 Å². The van der Waals surface area contributed by atoms with Crippen LogP contribution in [0, 0.1) is 0 Å². The number of piperazine rings is 1. The summed E-state index contributed by atoms with van der Waals surface area (Å²) >= 11 is 0. The lowest BCUT2D eigenvalue weighted by Crippen LogP contribution is -2.48. The van der Waals surface area contributed by atoms with Gasteiger partial charge in [-0.1, -0.05) is 43.3 Å². The molecule has 2 aromatic carbocycles. The number of benzene rings is 2. The Balaban J connectivity index is 1.70. The van der Waals surface area contributed by atoms with Gasteiger partial charge in [-0.2, -0.15) is 4.31 Å². The van der Waals surface area contributed by atoms with E-state index in [1.54, 1.807) is 48.5 Å². The highest BCUT2D eigenvalue weighted by atomic mass is 32.2. The summed E-state index contributed by atoms with van der Waals surface area (Å²) in [7, 11) is -3.63. The molecule has 0 saturated carbocycles. The normalized spacial score (nSPS) is 15.3. The predicted octanol–water partition coefficient (Wildman–Crippen LogP) is 2.84. The maximum absolute atomic E-state index is 13.0. The van der Waals surface area contributed by atoms with Gasteiger partial charge in [0.2, 0.25) is 10.0 Å². The predicted molar refractivity (Wildman–Crippen MR) is 119 cm³/mol. The number of carbonyl (C=O) groups is 1. The third-order valence-corrected chi connectivity index (χ3v) is 7.21. The summed E-state index contributed by atoms with van der Waals surface area (Å²) in [5.41, 5.74) is 1.45. The van der Waals surface area contributed by atoms with Crippen molar-refractivity contribution in [1.29, 1.82) is 0 Å². The van der Waals surface area contributed by atoms with E-state index in [2.05, 4.69) is 18.4 Å². The molecule has 0 spiro atoms. The first-order valence-electron chi connectivity index (χ1n) is 10.2. The van der Waals surface area contributed by atoms with E-state index in [1.807, 2.05) is 17.0 Å². The fourth-order valence-corrected chi connectivity index (χ4v) is 4.96. The molecule has 1 saturated heterocycles. The SMILES string of the molecule is C=CCN(Cc1ccc(C(=O)N2CCN(CC)CC2)cc1)S(=O)(=O)c1ccccc1. The first-order chi connectivity index (χ1) is 14.5. The fraction of sp³-hybridized carbons (Fsp3) is 0.348. The summed E-state index contributed by atoms with van der Waals surface area (Å²) in [4.78, 5) is 17.2. The Bertz CT molecular complexity index is 951. The minimum Gasteiger partial charge on any atom is -0.336 e. The Morgan fingerprint density at radius 3 is 2.23 bits per heavy atom. The van der Waals surface area contributed by atoms with Crippen LogP contribution in [-0.4, -0.2) is 67.7 Å². The summed E-state index contributed by atoms with van der Waals surface area (Å²) in [5.74, 6) is 0.0251. The van der Waals surface area contributed by atoms with Crippen LogP contribution in [0.15, 0.2) is 72.1 Å². The van der Waals surface area contributed by atoms with Crippen molar-refractivity contribution in [2.45, 2.75) is 18.4 Å². The average molecular weight is 428 g/mol. The van der Waals surface area contributed by atoms with E-state index in [4.69, 9.17) is 0 Å². The van der Waals surface area contributed by atoms with Gasteiger partial charge < -0.3 is 9.80 Å². The molecule has 2 aromatic rings. The molecule has 1 fully saturated rings. The van der Waals surface area contributed by atoms with Gasteiger partial charge in [0.15, 0.2) is 0 Å². The number of nitrogens with zero attached hydrogens (tertiary/aromatic N) is 3. The van der Waals surface area contributed by atoms with Gasteiger partial charge in [-0.3, -0.25) is 4.79 Å². The van der Waals surface area contributed by atoms with Gasteiger partial charge in [0.1, 0.15) is 0 Å². The van der Waals surface area contributed by atoms with E-state index in [-0.39, 0.29) is 23.9 Å². The number of hydrogen-bond acceptors (Lipinski definition) is 4. The van der Waals surface area contributed by atoms with E-state index < -0.39 is 10.0 Å². The van der Waals surface area contributed by atoms with Crippen LogP contribution in [0.5, 0.6) is 0 Å². The molecule has 1 heterocycles. The van der Waals surface area contributed by atoms with E-state index in [0.29, 0.717) is 5.56 Å². The number of likely N-dealkylation sites (N-methyl/N-ethyl adjacent to an activating group) is 1. The molecule has 160 valence electrons. The van der Waals surface area contributed by atoms with Crippen molar-refractivity contribution in [3.8, 4) is 0 Å². The lowest BCUT2D eigenvalue weighted by atomic mass is 10.1. The molecule has 0 atom stereocenters. The molecule has 0 radical (unpaired) electrons. The Kier molecular flexibility index (Phi) is 7.42. The molecule has 1 aliphatic heterocycles. The maximum atomic E-state index is 13.0. The largest absolute Gasteiger partial charge is 0.336 e. The summed E-state index contributed by atoms with van der Waals surface area (Å²) in [5, 5.41) is 0. The van der Waals surface area contributed by atoms with Crippen molar-refractivity contribution >= 4 is 15.9 Å². The molecule has 0 bridgehead atoms. The number of sulfonamides is 1. The fourth-order valence-electron chi connectivity index (χ4n) is 3.54. The average Bonchev–Trinajstić information content (AvgIpc) is 2.79. The van der Waals surface area contributed by atoms with Crippen LogP contribution < -0.4 is 0 Å². The molecular formula is C23H29N3O3S. The van der Waals surface area contributed by atoms with E-state index in [1.165, 1.54) is 4.31 Å². The Labute approximate surface area is 179 Å². The van der Waals surface area contributed by atoms with Gasteiger partial charge in [-0.25, -0.2) is 8.42 Å². The second kappa shape index (κ2) is 10.0. The highest BCUT2D eigenvalue weighted by Crippen LogP contribution is 2.19. The zero-order valence-corrected chi connectivity index (χ0v) is 18.2. The summed E-state index contributed by atoms with van der Waals surface area (Å²) < 4.78 is 27.3. The Morgan fingerprint density at radius 2 is 1.67 bits per heavy atom. The minimum absolute atomic E-state index is 0.0251. The van der Waals surface area contributed by atoms with Crippen LogP contribution in [0.1, 0.15) is 22.8 Å². The molecule has 1 aliphatic rings. The third-order valence-electron chi connectivity index (χ3n) is 5.38. The standard InChI is InChI=1S/C23H29N3O3S/c1-3-14-26(30(28,29)22-8-6-5-7-9-22)19-20-10-12-21(13-11-20)23(27)25-17-15-24(4-2)16-18-25/h3,5-13H,1,4,14-19H2,2H3. The number of rotatable bonds is 8. The third kappa shape index (κ3) is 5.16. The van der Waals surface area contributed by atoms with E-state index in [9.17, 15) is 13.2 Å². The monoisotopic (exact) mass is 427 g/mol. The zero-order valence-electron chi connectivity index (χ0n) is 17.4. The Hall–Kier alpha value is -2.48. The quantitative estimate of drug-likeness (QED) is 0.608. The lowest BCUT2D eigenvalue weighted by Gasteiger charge is -2.34. The Morgan fingerprint density at radius 1 is 1.03 bits per heavy atom. The summed E-state index contributed by atoms with van der Waals surface area (Å²) in [6.45, 7) is 10.5. The zero-order chi connectivity index (χ0) is 21.6. The second-order valence-corrected chi connectivity index (χ2v) is 9.26. The molecule has 7 heteroatoms. The molecular weight excluding hydrogens is 398 g/mol. The first kappa shape index (κ1) is 22.2. The van der Waals surface area contributed by atoms with Gasteiger partial charge in [0, 0.05) is 44.8 Å². The van der Waals surface area contributed by atoms with Gasteiger partial charge in [0.05, 0.1) is 4.90 Å². The molecule has 0 N–H and O–H groups in total. The van der Waals surface area contributed by atoms with Crippen LogP contribution in [0.2, 0.25) is 0 Å². The molecule has 3 rings (SSSR count). The lowest BCUT2D eigenvalue weighted by molar-refractivity contribution is 0.0643. The van der Waals surface area contributed by atoms with Crippen LogP contribution in [0.25, 0.3) is 0 Å². The van der Waals surface area contributed by atoms with Crippen LogP contribution in [0.4, 0.5) is 0 Å². The van der Waals surface area contributed by atoms with Crippen LogP contribution in [0.3, 0.4) is 0 Å². The highest BCUT2D eigenvalue weighted by Gasteiger charge is 2.24. The molecule has 0 aliphatic carbocycles. The molecule has 0 unspecified atom stereocenters. The molecule has 6 nitrogen and oxygen atoms in total. The van der Waals surface area contributed by atoms with Crippen molar-refractivity contribution < 1.29 is 13.2 Å². The summed E-state index contributed by atoms with van der Waals surface area (Å²) in [6.07, 6.45) is 1.58. The number of carbonyl (C=O) groups excluding carboxylic acids is 1. The van der Waals surface area contributed by atoms with Crippen molar-refractivity contribution in [2.24, 2.45) is 0 Å². The second-order valence-electron chi connectivity index (χ2n) is 7.32. The molecule has 1 amide bonds. The minimum atomic E-state index is -3.63. The van der Waals surface area contributed by atoms with Gasteiger partial charge in [0.25, 0.3) is 5.91 Å². The topological polar surface area (TPSA) is 60.9 Å². The number of hydrogen-bond donors (Lipinski definition) is 0. The number of amides is 1. The smallest absolute Gasteiger partial charge is 0.253 e. The highest BCUT2D eigenvalue weighted by molar-refractivity contribution is 7.89. The molecule has 0 aromatic heterocycles. The van der Waals surface area contributed by atoms with Crippen molar-refractivity contribution in [1.82, 2.24) is 14.1 Å².